The van der Waals surface area contributed by atoms with E-state index in [-0.39, 0.29) is 17.3 Å². The summed E-state index contributed by atoms with van der Waals surface area (Å²) in [6.07, 6.45) is 3.27. The SMILES string of the molecule is COC1CN(CCCc2cccc(C(=O)NCCC(C)C)n2)C1.Cc1cc(-c2c(C)cc(F)cc2C)cc(C(CC(=O)O)NC=O)c1F. The van der Waals surface area contributed by atoms with Gasteiger partial charge < -0.3 is 20.5 Å². The molecule has 0 saturated carbocycles. The molecule has 2 amide bonds. The molecule has 1 atom stereocenters. The number of carbonyl (C=O) groups excluding carboxylic acids is 2. The van der Waals surface area contributed by atoms with Crippen molar-refractivity contribution in [2.75, 3.05) is 33.3 Å². The van der Waals surface area contributed by atoms with Crippen molar-refractivity contribution < 1.29 is 33.0 Å². The van der Waals surface area contributed by atoms with Crippen LogP contribution in [0.4, 0.5) is 8.78 Å². The number of pyridine rings is 1. The molecule has 1 aliphatic heterocycles. The van der Waals surface area contributed by atoms with Gasteiger partial charge in [-0.2, -0.15) is 0 Å². The Morgan fingerprint density at radius 1 is 1.08 bits per heavy atom. The van der Waals surface area contributed by atoms with Gasteiger partial charge >= 0.3 is 5.97 Å². The molecule has 0 spiro atoms. The summed E-state index contributed by atoms with van der Waals surface area (Å²) in [5, 5.41) is 14.3. The van der Waals surface area contributed by atoms with Crippen molar-refractivity contribution in [2.45, 2.75) is 72.4 Å². The van der Waals surface area contributed by atoms with Crippen LogP contribution in [-0.2, 0) is 20.7 Å². The lowest BCUT2D eigenvalue weighted by molar-refractivity contribution is -0.137. The number of aromatic nitrogens is 1. The number of hydrogen-bond acceptors (Lipinski definition) is 6. The molecule has 2 heterocycles. The highest BCUT2D eigenvalue weighted by atomic mass is 19.1. The largest absolute Gasteiger partial charge is 0.481 e. The van der Waals surface area contributed by atoms with Crippen LogP contribution in [0, 0.1) is 38.3 Å². The van der Waals surface area contributed by atoms with Gasteiger partial charge in [0.05, 0.1) is 18.6 Å². The first-order chi connectivity index (χ1) is 22.8. The number of methoxy groups -OCH3 is 1. The molecule has 0 bridgehead atoms. The maximum absolute atomic E-state index is 14.6. The zero-order valence-corrected chi connectivity index (χ0v) is 28.7. The summed E-state index contributed by atoms with van der Waals surface area (Å²) in [5.41, 5.74) is 4.70. The van der Waals surface area contributed by atoms with Gasteiger partial charge in [0.15, 0.2) is 0 Å². The number of ether oxygens (including phenoxy) is 1. The fourth-order valence-corrected chi connectivity index (χ4v) is 5.72. The first-order valence-corrected chi connectivity index (χ1v) is 16.3. The van der Waals surface area contributed by atoms with Crippen molar-refractivity contribution in [3.8, 4) is 11.1 Å². The number of carboxylic acids is 1. The Kier molecular flexibility index (Phi) is 14.6. The van der Waals surface area contributed by atoms with E-state index in [1.807, 2.05) is 12.1 Å². The number of carboxylic acid groups (broad SMARTS) is 1. The Balaban J connectivity index is 0.000000261. The molecular weight excluding hydrogens is 618 g/mol. The number of aliphatic carboxylic acids is 1. The fourth-order valence-electron chi connectivity index (χ4n) is 5.72. The molecule has 260 valence electrons. The second kappa shape index (κ2) is 18.4. The van der Waals surface area contributed by atoms with E-state index in [0.29, 0.717) is 52.9 Å². The average Bonchev–Trinajstić information content (AvgIpc) is 2.99. The molecule has 1 fully saturated rings. The highest BCUT2D eigenvalue weighted by Crippen LogP contribution is 2.33. The third-order valence-corrected chi connectivity index (χ3v) is 8.30. The topological polar surface area (TPSA) is 121 Å². The Hall–Kier alpha value is -4.22. The van der Waals surface area contributed by atoms with Gasteiger partial charge in [-0.05, 0) is 117 Å². The third-order valence-electron chi connectivity index (χ3n) is 8.30. The van der Waals surface area contributed by atoms with Gasteiger partial charge in [-0.15, -0.1) is 0 Å². The quantitative estimate of drug-likeness (QED) is 0.172. The minimum atomic E-state index is -1.16. The minimum Gasteiger partial charge on any atom is -0.481 e. The first kappa shape index (κ1) is 38.2. The van der Waals surface area contributed by atoms with Crippen molar-refractivity contribution in [1.82, 2.24) is 20.5 Å². The molecule has 0 aliphatic carbocycles. The molecule has 48 heavy (non-hydrogen) atoms. The smallest absolute Gasteiger partial charge is 0.305 e. The molecule has 1 unspecified atom stereocenters. The van der Waals surface area contributed by atoms with Crippen LogP contribution < -0.4 is 10.6 Å². The van der Waals surface area contributed by atoms with Crippen LogP contribution in [0.25, 0.3) is 11.1 Å². The number of likely N-dealkylation sites (tertiary alicyclic amines) is 1. The van der Waals surface area contributed by atoms with Crippen molar-refractivity contribution in [1.29, 1.82) is 0 Å². The van der Waals surface area contributed by atoms with Gasteiger partial charge in [-0.3, -0.25) is 19.3 Å². The number of halogens is 2. The van der Waals surface area contributed by atoms with E-state index < -0.39 is 24.2 Å². The maximum Gasteiger partial charge on any atom is 0.305 e. The van der Waals surface area contributed by atoms with E-state index >= 15 is 0 Å². The van der Waals surface area contributed by atoms with Crippen LogP contribution in [0.15, 0.2) is 42.5 Å². The van der Waals surface area contributed by atoms with Crippen LogP contribution >= 0.6 is 0 Å². The molecule has 0 radical (unpaired) electrons. The summed E-state index contributed by atoms with van der Waals surface area (Å²) >= 11 is 0. The van der Waals surface area contributed by atoms with Crippen LogP contribution in [0.1, 0.15) is 77.6 Å². The van der Waals surface area contributed by atoms with E-state index in [1.165, 1.54) is 18.2 Å². The maximum atomic E-state index is 14.6. The van der Waals surface area contributed by atoms with Crippen molar-refractivity contribution in [2.24, 2.45) is 5.92 Å². The van der Waals surface area contributed by atoms with E-state index in [0.717, 1.165) is 50.2 Å². The number of hydrogen-bond donors (Lipinski definition) is 3. The molecular formula is C37H48F2N4O5. The van der Waals surface area contributed by atoms with Crippen molar-refractivity contribution in [3.05, 3.63) is 87.7 Å². The summed E-state index contributed by atoms with van der Waals surface area (Å²) in [6.45, 7) is 13.2. The van der Waals surface area contributed by atoms with Gasteiger partial charge in [0.2, 0.25) is 6.41 Å². The van der Waals surface area contributed by atoms with E-state index in [4.69, 9.17) is 9.84 Å². The number of nitrogens with zero attached hydrogens (tertiary/aromatic N) is 2. The standard InChI is InChI=1S/C19H19F2NO3.C18H29N3O2/c1-10-5-14(20)6-11(2)18(10)13-4-12(3)19(21)15(7-13)16(22-9-23)8-17(24)25;1-14(2)9-10-19-18(22)17-8-4-6-15(20-17)7-5-11-21-12-16(13-21)23-3/h4-7,9,16H,8H2,1-3H3,(H,22,23)(H,24,25);4,6,8,14,16H,5,7,9-13H2,1-3H3,(H,19,22). The highest BCUT2D eigenvalue weighted by molar-refractivity contribution is 5.92. The van der Waals surface area contributed by atoms with Gasteiger partial charge in [0.25, 0.3) is 5.91 Å². The highest BCUT2D eigenvalue weighted by Gasteiger charge is 2.25. The molecule has 1 aromatic heterocycles. The molecule has 1 saturated heterocycles. The fraction of sp³-hybridized carbons (Fsp3) is 0.459. The number of benzene rings is 2. The van der Waals surface area contributed by atoms with Gasteiger partial charge in [0.1, 0.15) is 17.3 Å². The predicted molar refractivity (Wildman–Crippen MR) is 182 cm³/mol. The predicted octanol–water partition coefficient (Wildman–Crippen LogP) is 5.94. The second-order valence-corrected chi connectivity index (χ2v) is 12.7. The molecule has 3 aromatic rings. The van der Waals surface area contributed by atoms with Crippen molar-refractivity contribution >= 4 is 18.3 Å². The monoisotopic (exact) mass is 666 g/mol. The summed E-state index contributed by atoms with van der Waals surface area (Å²) in [7, 11) is 1.77. The number of nitrogens with one attached hydrogen (secondary N) is 2. The lowest BCUT2D eigenvalue weighted by Gasteiger charge is -2.38. The van der Waals surface area contributed by atoms with Crippen LogP contribution in [0.5, 0.6) is 0 Å². The molecule has 9 nitrogen and oxygen atoms in total. The Labute approximate surface area is 282 Å². The molecule has 4 rings (SSSR count). The van der Waals surface area contributed by atoms with Crippen molar-refractivity contribution in [3.63, 3.8) is 0 Å². The summed E-state index contributed by atoms with van der Waals surface area (Å²) in [5.74, 6) is -1.56. The summed E-state index contributed by atoms with van der Waals surface area (Å²) in [6, 6.07) is 10.6. The molecule has 1 aliphatic rings. The number of aryl methyl sites for hydroxylation is 4. The number of amides is 2. The average molecular weight is 667 g/mol. The van der Waals surface area contributed by atoms with Crippen LogP contribution in [-0.4, -0.2) is 72.7 Å². The normalized spacial score (nSPS) is 13.7. The Bertz CT molecular complexity index is 1540. The third kappa shape index (κ3) is 11.2. The Morgan fingerprint density at radius 2 is 1.77 bits per heavy atom. The lowest BCUT2D eigenvalue weighted by atomic mass is 9.90. The minimum absolute atomic E-state index is 0.0711. The molecule has 3 N–H and O–H groups in total. The van der Waals surface area contributed by atoms with E-state index in [1.54, 1.807) is 40.0 Å². The summed E-state index contributed by atoms with van der Waals surface area (Å²) in [4.78, 5) is 40.8. The zero-order valence-electron chi connectivity index (χ0n) is 28.7. The Morgan fingerprint density at radius 3 is 2.38 bits per heavy atom. The summed E-state index contributed by atoms with van der Waals surface area (Å²) < 4.78 is 33.4. The van der Waals surface area contributed by atoms with Crippen LogP contribution in [0.3, 0.4) is 0 Å². The van der Waals surface area contributed by atoms with Crippen LogP contribution in [0.2, 0.25) is 0 Å². The lowest BCUT2D eigenvalue weighted by Crippen LogP contribution is -2.51. The molecule has 2 aromatic carbocycles. The first-order valence-electron chi connectivity index (χ1n) is 16.3. The van der Waals surface area contributed by atoms with Gasteiger partial charge in [-0.25, -0.2) is 13.8 Å². The van der Waals surface area contributed by atoms with Gasteiger partial charge in [-0.1, -0.05) is 19.9 Å². The number of rotatable bonds is 15. The molecule has 11 heteroatoms. The van der Waals surface area contributed by atoms with E-state index in [2.05, 4.69) is 34.4 Å². The number of carbonyl (C=O) groups is 3. The zero-order chi connectivity index (χ0) is 35.4. The second-order valence-electron chi connectivity index (χ2n) is 12.7. The van der Waals surface area contributed by atoms with Gasteiger partial charge in [0, 0.05) is 38.0 Å². The van der Waals surface area contributed by atoms with E-state index in [9.17, 15) is 23.2 Å².